The van der Waals surface area contributed by atoms with Gasteiger partial charge in [-0.05, 0) is 42.4 Å². The first-order valence-corrected chi connectivity index (χ1v) is 14.3. The van der Waals surface area contributed by atoms with E-state index >= 15 is 0 Å². The standard InChI is InChI=1S/C27H37NO5Si/c1-26(2,3)25(31)28-24-19(14-12-16-23(24)32-7)21(30)17-20(29)18-13-10-11-15-22(18)33-34(8,9)27(4,5)6/h10-16H,17H2,1-9H3,(H,28,31). The number of amides is 1. The van der Waals surface area contributed by atoms with Crippen LogP contribution in [0.15, 0.2) is 42.5 Å². The highest BCUT2D eigenvalue weighted by atomic mass is 28.4. The maximum absolute atomic E-state index is 13.2. The average Bonchev–Trinajstić information content (AvgIpc) is 2.72. The Morgan fingerprint density at radius 1 is 0.824 bits per heavy atom. The van der Waals surface area contributed by atoms with Gasteiger partial charge in [0.15, 0.2) is 11.6 Å². The summed E-state index contributed by atoms with van der Waals surface area (Å²) in [7, 11) is -0.718. The molecular weight excluding hydrogens is 446 g/mol. The molecule has 0 heterocycles. The summed E-state index contributed by atoms with van der Waals surface area (Å²) in [6.45, 7) is 15.9. The van der Waals surface area contributed by atoms with E-state index in [-0.39, 0.29) is 34.4 Å². The molecule has 184 valence electrons. The first kappa shape index (κ1) is 27.3. The molecule has 0 saturated carbocycles. The maximum Gasteiger partial charge on any atom is 0.250 e. The van der Waals surface area contributed by atoms with E-state index in [1.165, 1.54) is 7.11 Å². The summed E-state index contributed by atoms with van der Waals surface area (Å²) >= 11 is 0. The van der Waals surface area contributed by atoms with Crippen LogP contribution in [0.2, 0.25) is 18.1 Å². The zero-order chi connectivity index (χ0) is 25.9. The van der Waals surface area contributed by atoms with Gasteiger partial charge in [-0.1, -0.05) is 59.7 Å². The van der Waals surface area contributed by atoms with E-state index in [0.717, 1.165) is 0 Å². The second kappa shape index (κ2) is 10.1. The Bertz CT molecular complexity index is 1080. The molecule has 2 aromatic rings. The van der Waals surface area contributed by atoms with Crippen molar-refractivity contribution in [2.45, 2.75) is 66.1 Å². The molecular formula is C27H37NO5Si. The Hall–Kier alpha value is -2.93. The molecule has 0 unspecified atom stereocenters. The third-order valence-electron chi connectivity index (χ3n) is 6.15. The summed E-state index contributed by atoms with van der Waals surface area (Å²) in [5.74, 6) is -0.146. The fourth-order valence-electron chi connectivity index (χ4n) is 2.91. The molecule has 0 spiro atoms. The number of ether oxygens (including phenoxy) is 1. The van der Waals surface area contributed by atoms with Crippen LogP contribution in [0, 0.1) is 5.41 Å². The van der Waals surface area contributed by atoms with E-state index in [1.807, 2.05) is 6.07 Å². The average molecular weight is 484 g/mol. The molecule has 0 saturated heterocycles. The van der Waals surface area contributed by atoms with Gasteiger partial charge in [-0.15, -0.1) is 0 Å². The number of ketones is 2. The van der Waals surface area contributed by atoms with Crippen molar-refractivity contribution >= 4 is 31.5 Å². The topological polar surface area (TPSA) is 81.7 Å². The lowest BCUT2D eigenvalue weighted by Crippen LogP contribution is -2.44. The Morgan fingerprint density at radius 3 is 1.91 bits per heavy atom. The lowest BCUT2D eigenvalue weighted by Gasteiger charge is -2.36. The molecule has 0 aromatic heterocycles. The summed E-state index contributed by atoms with van der Waals surface area (Å²) in [5.41, 5.74) is 0.210. The summed E-state index contributed by atoms with van der Waals surface area (Å²) in [5, 5.41) is 2.77. The van der Waals surface area contributed by atoms with Crippen molar-refractivity contribution in [3.05, 3.63) is 53.6 Å². The number of nitrogens with one attached hydrogen (secondary N) is 1. The fraction of sp³-hybridized carbons (Fsp3) is 0.444. The van der Waals surface area contributed by atoms with Crippen LogP contribution >= 0.6 is 0 Å². The van der Waals surface area contributed by atoms with Crippen LogP contribution in [0.4, 0.5) is 5.69 Å². The third kappa shape index (κ3) is 6.35. The number of carbonyl (C=O) groups is 3. The fourth-order valence-corrected chi connectivity index (χ4v) is 3.95. The number of rotatable bonds is 8. The van der Waals surface area contributed by atoms with E-state index < -0.39 is 19.5 Å². The third-order valence-corrected chi connectivity index (χ3v) is 10.5. The molecule has 2 rings (SSSR count). The van der Waals surface area contributed by atoms with Gasteiger partial charge in [-0.2, -0.15) is 0 Å². The van der Waals surface area contributed by atoms with Crippen LogP contribution in [0.5, 0.6) is 11.5 Å². The molecule has 0 fully saturated rings. The molecule has 0 bridgehead atoms. The largest absolute Gasteiger partial charge is 0.543 e. The van der Waals surface area contributed by atoms with Crippen LogP contribution in [0.25, 0.3) is 0 Å². The molecule has 0 atom stereocenters. The minimum absolute atomic E-state index is 0.0419. The second-order valence-electron chi connectivity index (χ2n) is 11.0. The Kier molecular flexibility index (Phi) is 8.14. The van der Waals surface area contributed by atoms with E-state index in [2.05, 4.69) is 39.2 Å². The van der Waals surface area contributed by atoms with Crippen LogP contribution in [-0.4, -0.2) is 32.9 Å². The van der Waals surface area contributed by atoms with E-state index in [0.29, 0.717) is 17.1 Å². The lowest BCUT2D eigenvalue weighted by molar-refractivity contribution is -0.123. The van der Waals surface area contributed by atoms with E-state index in [1.54, 1.807) is 57.2 Å². The van der Waals surface area contributed by atoms with Crippen molar-refractivity contribution in [1.82, 2.24) is 0 Å². The highest BCUT2D eigenvalue weighted by Gasteiger charge is 2.39. The number of hydrogen-bond donors (Lipinski definition) is 1. The SMILES string of the molecule is COc1cccc(C(=O)CC(=O)c2ccccc2O[Si](C)(C)C(C)(C)C)c1NC(=O)C(C)(C)C. The van der Waals surface area contributed by atoms with Crippen LogP contribution in [0.1, 0.15) is 68.7 Å². The minimum atomic E-state index is -2.19. The van der Waals surface area contributed by atoms with Gasteiger partial charge in [0.2, 0.25) is 5.91 Å². The monoisotopic (exact) mass is 483 g/mol. The van der Waals surface area contributed by atoms with Crippen molar-refractivity contribution in [3.8, 4) is 11.5 Å². The summed E-state index contributed by atoms with van der Waals surface area (Å²) in [6.07, 6.45) is -0.358. The summed E-state index contributed by atoms with van der Waals surface area (Å²) in [4.78, 5) is 39.1. The highest BCUT2D eigenvalue weighted by molar-refractivity contribution is 6.74. The predicted molar refractivity (Wildman–Crippen MR) is 139 cm³/mol. The van der Waals surface area contributed by atoms with Crippen molar-refractivity contribution in [1.29, 1.82) is 0 Å². The van der Waals surface area contributed by atoms with E-state index in [4.69, 9.17) is 9.16 Å². The van der Waals surface area contributed by atoms with Crippen LogP contribution in [-0.2, 0) is 4.79 Å². The van der Waals surface area contributed by atoms with Crippen molar-refractivity contribution < 1.29 is 23.5 Å². The van der Waals surface area contributed by atoms with Crippen molar-refractivity contribution in [2.75, 3.05) is 12.4 Å². The van der Waals surface area contributed by atoms with Gasteiger partial charge in [-0.25, -0.2) is 0 Å². The molecule has 0 aliphatic rings. The number of hydrogen-bond acceptors (Lipinski definition) is 5. The second-order valence-corrected chi connectivity index (χ2v) is 15.7. The molecule has 34 heavy (non-hydrogen) atoms. The number of anilines is 1. The molecule has 0 radical (unpaired) electrons. The Labute approximate surface area is 204 Å². The molecule has 1 amide bonds. The summed E-state index contributed by atoms with van der Waals surface area (Å²) in [6, 6.07) is 12.0. The molecule has 6 nitrogen and oxygen atoms in total. The molecule has 7 heteroatoms. The molecule has 2 aromatic carbocycles. The van der Waals surface area contributed by atoms with Gasteiger partial charge in [0.1, 0.15) is 11.5 Å². The number of carbonyl (C=O) groups excluding carboxylic acids is 3. The Morgan fingerprint density at radius 2 is 1.35 bits per heavy atom. The van der Waals surface area contributed by atoms with Gasteiger partial charge in [0, 0.05) is 11.0 Å². The van der Waals surface area contributed by atoms with Gasteiger partial charge in [-0.3, -0.25) is 14.4 Å². The zero-order valence-corrected chi connectivity index (χ0v) is 22.8. The van der Waals surface area contributed by atoms with Crippen molar-refractivity contribution in [2.24, 2.45) is 5.41 Å². The maximum atomic E-state index is 13.2. The minimum Gasteiger partial charge on any atom is -0.543 e. The smallest absolute Gasteiger partial charge is 0.250 e. The number of benzene rings is 2. The zero-order valence-electron chi connectivity index (χ0n) is 21.8. The normalized spacial score (nSPS) is 12.1. The van der Waals surface area contributed by atoms with Gasteiger partial charge in [0.25, 0.3) is 8.32 Å². The van der Waals surface area contributed by atoms with Gasteiger partial charge >= 0.3 is 0 Å². The summed E-state index contributed by atoms with van der Waals surface area (Å²) < 4.78 is 11.8. The predicted octanol–water partition coefficient (Wildman–Crippen LogP) is 6.52. The molecule has 0 aliphatic carbocycles. The van der Waals surface area contributed by atoms with Crippen LogP contribution in [0.3, 0.4) is 0 Å². The van der Waals surface area contributed by atoms with Crippen LogP contribution < -0.4 is 14.5 Å². The lowest BCUT2D eigenvalue weighted by atomic mass is 9.94. The quantitative estimate of drug-likeness (QED) is 0.263. The Balaban J connectivity index is 2.36. The van der Waals surface area contributed by atoms with Gasteiger partial charge < -0.3 is 14.5 Å². The number of methoxy groups -OCH3 is 1. The van der Waals surface area contributed by atoms with Gasteiger partial charge in [0.05, 0.1) is 24.8 Å². The first-order valence-electron chi connectivity index (χ1n) is 11.4. The van der Waals surface area contributed by atoms with E-state index in [9.17, 15) is 14.4 Å². The van der Waals surface area contributed by atoms with Crippen molar-refractivity contribution in [3.63, 3.8) is 0 Å². The highest BCUT2D eigenvalue weighted by Crippen LogP contribution is 2.38. The first-order chi connectivity index (χ1) is 15.6. The number of para-hydroxylation sites is 2. The molecule has 1 N–H and O–H groups in total. The molecule has 0 aliphatic heterocycles. The number of Topliss-reactive ketones (excluding diaryl/α,β-unsaturated/α-hetero) is 2.